The van der Waals surface area contributed by atoms with Gasteiger partial charge in [-0.2, -0.15) is 5.10 Å². The standard InChI is InChI=1S/C22H22N4O3/c1-13-5-4-6-18(14(13)2)24-22(28)19-11-20(27)25-21-17(12-23-26(19)21)15-7-9-16(29-3)10-8-15/h4-10,12,19H,11H2,1-3H3,(H,24,28)(H,25,27). The number of aryl methyl sites for hydroxylation is 1. The highest BCUT2D eigenvalue weighted by Gasteiger charge is 2.33. The first-order valence-corrected chi connectivity index (χ1v) is 9.37. The molecule has 7 nitrogen and oxygen atoms in total. The van der Waals surface area contributed by atoms with Gasteiger partial charge in [0.2, 0.25) is 11.8 Å². The Balaban J connectivity index is 1.66. The lowest BCUT2D eigenvalue weighted by Gasteiger charge is -2.25. The van der Waals surface area contributed by atoms with Crippen LogP contribution in [0.3, 0.4) is 0 Å². The van der Waals surface area contributed by atoms with Gasteiger partial charge >= 0.3 is 0 Å². The van der Waals surface area contributed by atoms with E-state index in [-0.39, 0.29) is 18.2 Å². The largest absolute Gasteiger partial charge is 0.497 e. The molecule has 4 rings (SSSR count). The predicted molar refractivity (Wildman–Crippen MR) is 111 cm³/mol. The molecule has 1 aliphatic heterocycles. The van der Waals surface area contributed by atoms with Gasteiger partial charge in [0.15, 0.2) is 0 Å². The van der Waals surface area contributed by atoms with Gasteiger partial charge in [0.1, 0.15) is 17.6 Å². The van der Waals surface area contributed by atoms with E-state index in [0.717, 1.165) is 33.7 Å². The van der Waals surface area contributed by atoms with Crippen LogP contribution in [0.25, 0.3) is 11.1 Å². The maximum absolute atomic E-state index is 13.0. The Morgan fingerprint density at radius 1 is 1.21 bits per heavy atom. The molecule has 7 heteroatoms. The molecular weight excluding hydrogens is 368 g/mol. The quantitative estimate of drug-likeness (QED) is 0.711. The van der Waals surface area contributed by atoms with Crippen molar-refractivity contribution in [3.8, 4) is 16.9 Å². The highest BCUT2D eigenvalue weighted by molar-refractivity contribution is 6.03. The van der Waals surface area contributed by atoms with E-state index >= 15 is 0 Å². The second-order valence-electron chi connectivity index (χ2n) is 7.08. The number of amides is 2. The Hall–Kier alpha value is -3.61. The number of fused-ring (bicyclic) bond motifs is 1. The third-order valence-electron chi connectivity index (χ3n) is 5.29. The molecular formula is C22H22N4O3. The van der Waals surface area contributed by atoms with Crippen LogP contribution in [0.15, 0.2) is 48.7 Å². The van der Waals surface area contributed by atoms with Crippen LogP contribution in [0.4, 0.5) is 11.5 Å². The molecule has 0 aliphatic carbocycles. The van der Waals surface area contributed by atoms with Crippen molar-refractivity contribution in [3.63, 3.8) is 0 Å². The zero-order chi connectivity index (χ0) is 20.5. The fourth-order valence-corrected chi connectivity index (χ4v) is 3.46. The minimum Gasteiger partial charge on any atom is -0.497 e. The smallest absolute Gasteiger partial charge is 0.249 e. The summed E-state index contributed by atoms with van der Waals surface area (Å²) in [7, 11) is 1.61. The number of hydrogen-bond donors (Lipinski definition) is 2. The SMILES string of the molecule is COc1ccc(-c2cnn3c2NC(=O)CC3C(=O)Nc2cccc(C)c2C)cc1. The van der Waals surface area contributed by atoms with Crippen molar-refractivity contribution in [1.82, 2.24) is 9.78 Å². The van der Waals surface area contributed by atoms with E-state index in [4.69, 9.17) is 4.74 Å². The van der Waals surface area contributed by atoms with Crippen molar-refractivity contribution < 1.29 is 14.3 Å². The molecule has 0 bridgehead atoms. The monoisotopic (exact) mass is 390 g/mol. The van der Waals surface area contributed by atoms with Crippen molar-refractivity contribution >= 4 is 23.3 Å². The van der Waals surface area contributed by atoms with Gasteiger partial charge in [-0.15, -0.1) is 0 Å². The predicted octanol–water partition coefficient (Wildman–Crippen LogP) is 3.70. The van der Waals surface area contributed by atoms with Gasteiger partial charge < -0.3 is 15.4 Å². The molecule has 1 atom stereocenters. The first-order valence-electron chi connectivity index (χ1n) is 9.37. The minimum atomic E-state index is -0.717. The molecule has 2 N–H and O–H groups in total. The van der Waals surface area contributed by atoms with Gasteiger partial charge in [0.05, 0.1) is 19.7 Å². The van der Waals surface area contributed by atoms with E-state index < -0.39 is 6.04 Å². The van der Waals surface area contributed by atoms with Crippen molar-refractivity contribution in [2.75, 3.05) is 17.7 Å². The third kappa shape index (κ3) is 3.47. The van der Waals surface area contributed by atoms with Crippen LogP contribution >= 0.6 is 0 Å². The Morgan fingerprint density at radius 2 is 1.97 bits per heavy atom. The summed E-state index contributed by atoms with van der Waals surface area (Å²) >= 11 is 0. The van der Waals surface area contributed by atoms with Gasteiger partial charge in [-0.1, -0.05) is 24.3 Å². The first-order chi connectivity index (χ1) is 14.0. The van der Waals surface area contributed by atoms with Crippen LogP contribution in [-0.2, 0) is 9.59 Å². The maximum Gasteiger partial charge on any atom is 0.249 e. The van der Waals surface area contributed by atoms with Gasteiger partial charge in [-0.05, 0) is 48.7 Å². The average molecular weight is 390 g/mol. The molecule has 0 saturated heterocycles. The summed E-state index contributed by atoms with van der Waals surface area (Å²) in [6, 6.07) is 12.5. The Morgan fingerprint density at radius 3 is 2.69 bits per heavy atom. The van der Waals surface area contributed by atoms with E-state index in [0.29, 0.717) is 5.82 Å². The molecule has 2 amide bonds. The third-order valence-corrected chi connectivity index (χ3v) is 5.29. The molecule has 148 valence electrons. The zero-order valence-corrected chi connectivity index (χ0v) is 16.5. The van der Waals surface area contributed by atoms with E-state index in [2.05, 4.69) is 15.7 Å². The summed E-state index contributed by atoms with van der Waals surface area (Å²) in [5.74, 6) is 0.783. The molecule has 29 heavy (non-hydrogen) atoms. The lowest BCUT2D eigenvalue weighted by molar-refractivity contribution is -0.125. The number of hydrogen-bond acceptors (Lipinski definition) is 4. The van der Waals surface area contributed by atoms with Crippen LogP contribution in [-0.4, -0.2) is 28.7 Å². The highest BCUT2D eigenvalue weighted by atomic mass is 16.5. The minimum absolute atomic E-state index is 0.0351. The normalized spacial score (nSPS) is 15.4. The van der Waals surface area contributed by atoms with E-state index in [1.54, 1.807) is 18.0 Å². The maximum atomic E-state index is 13.0. The average Bonchev–Trinajstić information content (AvgIpc) is 3.14. The number of carbonyl (C=O) groups excluding carboxylic acids is 2. The van der Waals surface area contributed by atoms with E-state index in [1.807, 2.05) is 56.3 Å². The first kappa shape index (κ1) is 18.7. The molecule has 3 aromatic rings. The van der Waals surface area contributed by atoms with Crippen LogP contribution in [0.5, 0.6) is 5.75 Å². The molecule has 1 unspecified atom stereocenters. The Labute approximate surface area is 168 Å². The molecule has 1 aromatic heterocycles. The van der Waals surface area contributed by atoms with E-state index in [9.17, 15) is 9.59 Å². The molecule has 0 fully saturated rings. The molecule has 0 spiro atoms. The molecule has 0 saturated carbocycles. The van der Waals surface area contributed by atoms with Crippen LogP contribution in [0, 0.1) is 13.8 Å². The number of ether oxygens (including phenoxy) is 1. The fraction of sp³-hybridized carbons (Fsp3) is 0.227. The Bertz CT molecular complexity index is 1090. The summed E-state index contributed by atoms with van der Waals surface area (Å²) in [6.45, 7) is 3.95. The fourth-order valence-electron chi connectivity index (χ4n) is 3.46. The van der Waals surface area contributed by atoms with Crippen molar-refractivity contribution in [2.45, 2.75) is 26.3 Å². The number of aromatic nitrogens is 2. The summed E-state index contributed by atoms with van der Waals surface area (Å²) in [4.78, 5) is 25.3. The number of rotatable bonds is 4. The van der Waals surface area contributed by atoms with Gasteiger partial charge in [-0.3, -0.25) is 9.59 Å². The van der Waals surface area contributed by atoms with E-state index in [1.165, 1.54) is 0 Å². The number of anilines is 2. The lowest BCUT2D eigenvalue weighted by atomic mass is 10.1. The molecule has 2 heterocycles. The van der Waals surface area contributed by atoms with Crippen molar-refractivity contribution in [1.29, 1.82) is 0 Å². The number of carbonyl (C=O) groups is 2. The molecule has 1 aliphatic rings. The van der Waals surface area contributed by atoms with Crippen molar-refractivity contribution in [2.24, 2.45) is 0 Å². The van der Waals surface area contributed by atoms with Crippen LogP contribution in [0.2, 0.25) is 0 Å². The number of nitrogens with one attached hydrogen (secondary N) is 2. The number of nitrogens with zero attached hydrogens (tertiary/aromatic N) is 2. The van der Waals surface area contributed by atoms with Gasteiger partial charge in [-0.25, -0.2) is 4.68 Å². The Kier molecular flexibility index (Phi) is 4.80. The van der Waals surface area contributed by atoms with Crippen LogP contribution in [0.1, 0.15) is 23.6 Å². The second kappa shape index (κ2) is 7.43. The lowest BCUT2D eigenvalue weighted by Crippen LogP contribution is -2.36. The highest BCUT2D eigenvalue weighted by Crippen LogP contribution is 2.35. The summed E-state index contributed by atoms with van der Waals surface area (Å²) in [6.07, 6.45) is 1.70. The number of methoxy groups -OCH3 is 1. The summed E-state index contributed by atoms with van der Waals surface area (Å²) in [5.41, 5.74) is 4.46. The summed E-state index contributed by atoms with van der Waals surface area (Å²) < 4.78 is 6.78. The topological polar surface area (TPSA) is 85.2 Å². The summed E-state index contributed by atoms with van der Waals surface area (Å²) in [5, 5.41) is 10.2. The van der Waals surface area contributed by atoms with Crippen LogP contribution < -0.4 is 15.4 Å². The van der Waals surface area contributed by atoms with Crippen molar-refractivity contribution in [3.05, 3.63) is 59.8 Å². The zero-order valence-electron chi connectivity index (χ0n) is 16.5. The molecule has 0 radical (unpaired) electrons. The number of benzene rings is 2. The van der Waals surface area contributed by atoms with Gasteiger partial charge in [0.25, 0.3) is 0 Å². The molecule has 2 aromatic carbocycles. The van der Waals surface area contributed by atoms with Gasteiger partial charge in [0, 0.05) is 11.3 Å². The second-order valence-corrected chi connectivity index (χ2v) is 7.08.